The Morgan fingerprint density at radius 3 is 2.58 bits per heavy atom. The van der Waals surface area contributed by atoms with Crippen molar-refractivity contribution >= 4 is 38.3 Å². The minimum atomic E-state index is -4.10. The number of hydrogen-bond acceptors (Lipinski definition) is 9. The Labute approximate surface area is 210 Å². The summed E-state index contributed by atoms with van der Waals surface area (Å²) in [7, 11) is -2.41. The number of nitrogens with zero attached hydrogens (tertiary/aromatic N) is 4. The van der Waals surface area contributed by atoms with Gasteiger partial charge in [0.1, 0.15) is 0 Å². The first-order valence-corrected chi connectivity index (χ1v) is 13.7. The molecule has 0 aliphatic carbocycles. The molecule has 0 spiro atoms. The van der Waals surface area contributed by atoms with E-state index < -0.39 is 16.0 Å². The maximum absolute atomic E-state index is 13.9. The summed E-state index contributed by atoms with van der Waals surface area (Å²) in [5, 5.41) is 8.04. The van der Waals surface area contributed by atoms with E-state index in [0.717, 1.165) is 54.6 Å². The van der Waals surface area contributed by atoms with Gasteiger partial charge in [0, 0.05) is 63.1 Å². The Hall–Kier alpha value is -3.15. The van der Waals surface area contributed by atoms with Crippen LogP contribution in [0, 0.1) is 0 Å². The molecule has 10 nitrogen and oxygen atoms in total. The van der Waals surface area contributed by atoms with Crippen molar-refractivity contribution in [1.82, 2.24) is 14.5 Å². The molecule has 0 amide bonds. The Morgan fingerprint density at radius 2 is 1.86 bits per heavy atom. The first-order chi connectivity index (χ1) is 17.4. The molecule has 2 fully saturated rings. The quantitative estimate of drug-likeness (QED) is 0.475. The first-order valence-electron chi connectivity index (χ1n) is 12.2. The summed E-state index contributed by atoms with van der Waals surface area (Å²) in [6, 6.07) is 12.3. The summed E-state index contributed by atoms with van der Waals surface area (Å²) >= 11 is 0. The molecule has 0 radical (unpaired) electrons. The van der Waals surface area contributed by atoms with Gasteiger partial charge in [-0.2, -0.15) is 12.5 Å². The van der Waals surface area contributed by atoms with Gasteiger partial charge < -0.3 is 24.6 Å². The van der Waals surface area contributed by atoms with Crippen LogP contribution in [0.15, 0.2) is 47.4 Å². The number of carbonyl (C=O) groups is 1. The minimum absolute atomic E-state index is 0.0130. The lowest BCUT2D eigenvalue weighted by molar-refractivity contribution is 0.0521. The second kappa shape index (κ2) is 10.1. The molecule has 192 valence electrons. The third-order valence-electron chi connectivity index (χ3n) is 6.77. The molecular weight excluding hydrogens is 482 g/mol. The highest BCUT2D eigenvalue weighted by Crippen LogP contribution is 2.30. The zero-order valence-electron chi connectivity index (χ0n) is 20.5. The van der Waals surface area contributed by atoms with Crippen LogP contribution in [0.25, 0.3) is 10.9 Å². The normalized spacial score (nSPS) is 18.7. The zero-order chi connectivity index (χ0) is 25.3. The number of ether oxygens (including phenoxy) is 2. The number of fused-ring (bicyclic) bond motifs is 1. The number of esters is 1. The maximum atomic E-state index is 13.9. The number of piperazine rings is 1. The SMILES string of the molecule is CCOC(=O)c1nn(S(=O)(=O)c2cccc(N3CCC(OC)C3)c2)c2cc(N3CCNCC3)ccc12. The molecule has 5 rings (SSSR count). The highest BCUT2D eigenvalue weighted by atomic mass is 32.2. The summed E-state index contributed by atoms with van der Waals surface area (Å²) in [6.45, 7) is 6.65. The summed E-state index contributed by atoms with van der Waals surface area (Å²) in [5.74, 6) is -0.650. The Kier molecular flexibility index (Phi) is 6.87. The number of benzene rings is 2. The molecular formula is C25H31N5O5S. The second-order valence-electron chi connectivity index (χ2n) is 8.95. The molecule has 1 N–H and O–H groups in total. The van der Waals surface area contributed by atoms with Gasteiger partial charge in [-0.15, -0.1) is 5.10 Å². The molecule has 11 heteroatoms. The van der Waals surface area contributed by atoms with Gasteiger partial charge in [0.25, 0.3) is 10.0 Å². The lowest BCUT2D eigenvalue weighted by Crippen LogP contribution is -2.43. The van der Waals surface area contributed by atoms with Gasteiger partial charge in [0.15, 0.2) is 5.69 Å². The molecule has 1 unspecified atom stereocenters. The zero-order valence-corrected chi connectivity index (χ0v) is 21.3. The van der Waals surface area contributed by atoms with E-state index >= 15 is 0 Å². The summed E-state index contributed by atoms with van der Waals surface area (Å²) in [4.78, 5) is 17.1. The van der Waals surface area contributed by atoms with Crippen LogP contribution >= 0.6 is 0 Å². The van der Waals surface area contributed by atoms with Crippen LogP contribution in [0.1, 0.15) is 23.8 Å². The van der Waals surface area contributed by atoms with Crippen LogP contribution in [0.4, 0.5) is 11.4 Å². The number of methoxy groups -OCH3 is 1. The van der Waals surface area contributed by atoms with Crippen LogP contribution in [0.3, 0.4) is 0 Å². The van der Waals surface area contributed by atoms with E-state index in [1.807, 2.05) is 12.1 Å². The topological polar surface area (TPSA) is 106 Å². The molecule has 36 heavy (non-hydrogen) atoms. The fourth-order valence-corrected chi connectivity index (χ4v) is 6.14. The van der Waals surface area contributed by atoms with Gasteiger partial charge in [0.05, 0.1) is 23.1 Å². The van der Waals surface area contributed by atoms with Crippen LogP contribution in [0.5, 0.6) is 0 Å². The summed E-state index contributed by atoms with van der Waals surface area (Å²) in [5.41, 5.74) is 2.02. The molecule has 1 atom stereocenters. The van der Waals surface area contributed by atoms with Crippen LogP contribution in [-0.4, -0.2) is 82.7 Å². The van der Waals surface area contributed by atoms with Gasteiger partial charge in [0.2, 0.25) is 0 Å². The summed E-state index contributed by atoms with van der Waals surface area (Å²) < 4.78 is 39.4. The van der Waals surface area contributed by atoms with Crippen molar-refractivity contribution in [2.24, 2.45) is 0 Å². The van der Waals surface area contributed by atoms with Gasteiger partial charge in [-0.05, 0) is 49.7 Å². The molecule has 2 aliphatic rings. The lowest BCUT2D eigenvalue weighted by atomic mass is 10.1. The first kappa shape index (κ1) is 24.5. The maximum Gasteiger partial charge on any atom is 0.359 e. The number of nitrogens with one attached hydrogen (secondary N) is 1. The van der Waals surface area contributed by atoms with E-state index in [2.05, 4.69) is 20.2 Å². The van der Waals surface area contributed by atoms with Crippen molar-refractivity contribution in [1.29, 1.82) is 0 Å². The van der Waals surface area contributed by atoms with E-state index in [4.69, 9.17) is 9.47 Å². The number of carbonyl (C=O) groups excluding carboxylic acids is 1. The van der Waals surface area contributed by atoms with Crippen molar-refractivity contribution in [2.75, 3.05) is 62.8 Å². The molecule has 2 aliphatic heterocycles. The monoisotopic (exact) mass is 513 g/mol. The predicted octanol–water partition coefficient (Wildman–Crippen LogP) is 2.08. The molecule has 2 saturated heterocycles. The summed E-state index contributed by atoms with van der Waals surface area (Å²) in [6.07, 6.45) is 1.01. The van der Waals surface area contributed by atoms with Crippen molar-refractivity contribution < 1.29 is 22.7 Å². The molecule has 2 aromatic carbocycles. The van der Waals surface area contributed by atoms with Crippen molar-refractivity contribution in [3.05, 3.63) is 48.2 Å². The van der Waals surface area contributed by atoms with Gasteiger partial charge in [-0.3, -0.25) is 0 Å². The van der Waals surface area contributed by atoms with E-state index in [1.54, 1.807) is 44.4 Å². The average Bonchev–Trinajstić information content (AvgIpc) is 3.55. The molecule has 0 saturated carbocycles. The third kappa shape index (κ3) is 4.54. The molecule has 0 bridgehead atoms. The second-order valence-corrected chi connectivity index (χ2v) is 10.7. The molecule has 3 aromatic rings. The van der Waals surface area contributed by atoms with Crippen molar-refractivity contribution in [3.8, 4) is 0 Å². The van der Waals surface area contributed by atoms with Crippen LogP contribution < -0.4 is 15.1 Å². The van der Waals surface area contributed by atoms with E-state index in [9.17, 15) is 13.2 Å². The van der Waals surface area contributed by atoms with E-state index in [0.29, 0.717) is 17.4 Å². The average molecular weight is 514 g/mol. The van der Waals surface area contributed by atoms with Crippen molar-refractivity contribution in [3.63, 3.8) is 0 Å². The van der Waals surface area contributed by atoms with Gasteiger partial charge in [-0.1, -0.05) is 6.07 Å². The fraction of sp³-hybridized carbons (Fsp3) is 0.440. The number of aromatic nitrogens is 2. The smallest absolute Gasteiger partial charge is 0.359 e. The van der Waals surface area contributed by atoms with E-state index in [-0.39, 0.29) is 23.3 Å². The van der Waals surface area contributed by atoms with Crippen LogP contribution in [0.2, 0.25) is 0 Å². The Balaban J connectivity index is 1.59. The standard InChI is InChI=1S/C25H31N5O5S/c1-3-35-25(31)24-22-8-7-19(28-13-10-26-11-14-28)16-23(22)30(27-24)36(32,33)21-6-4-5-18(15-21)29-12-9-20(17-29)34-2/h4-8,15-16,20,26H,3,9-14,17H2,1-2H3. The third-order valence-corrected chi connectivity index (χ3v) is 8.35. The van der Waals surface area contributed by atoms with E-state index in [1.165, 1.54) is 0 Å². The Morgan fingerprint density at radius 1 is 1.08 bits per heavy atom. The highest BCUT2D eigenvalue weighted by Gasteiger charge is 2.29. The minimum Gasteiger partial charge on any atom is -0.461 e. The number of anilines is 2. The number of hydrogen-bond donors (Lipinski definition) is 1. The van der Waals surface area contributed by atoms with Gasteiger partial charge >= 0.3 is 5.97 Å². The van der Waals surface area contributed by atoms with Crippen molar-refractivity contribution in [2.45, 2.75) is 24.3 Å². The number of rotatable bonds is 7. The Bertz CT molecular complexity index is 1370. The van der Waals surface area contributed by atoms with Crippen LogP contribution in [-0.2, 0) is 19.5 Å². The molecule has 1 aromatic heterocycles. The lowest BCUT2D eigenvalue weighted by Gasteiger charge is -2.29. The predicted molar refractivity (Wildman–Crippen MR) is 137 cm³/mol. The highest BCUT2D eigenvalue weighted by molar-refractivity contribution is 7.90. The van der Waals surface area contributed by atoms with Gasteiger partial charge in [-0.25, -0.2) is 4.79 Å². The largest absolute Gasteiger partial charge is 0.461 e. The molecule has 3 heterocycles. The fourth-order valence-electron chi connectivity index (χ4n) is 4.83.